The van der Waals surface area contributed by atoms with Crippen molar-refractivity contribution < 1.29 is 9.53 Å². The molecule has 2 heterocycles. The minimum Gasteiger partial charge on any atom is -0.375 e. The molecule has 1 aliphatic rings. The van der Waals surface area contributed by atoms with Crippen molar-refractivity contribution >= 4 is 5.91 Å². The lowest BCUT2D eigenvalue weighted by atomic mass is 10.1. The summed E-state index contributed by atoms with van der Waals surface area (Å²) in [6, 6.07) is 7.74. The first-order valence-electron chi connectivity index (χ1n) is 7.66. The number of amides is 1. The van der Waals surface area contributed by atoms with Crippen LogP contribution < -0.4 is 0 Å². The average Bonchev–Trinajstić information content (AvgIpc) is 2.95. The molecule has 1 aromatic heterocycles. The van der Waals surface area contributed by atoms with Gasteiger partial charge in [0.2, 0.25) is 0 Å². The zero-order chi connectivity index (χ0) is 15.5. The van der Waals surface area contributed by atoms with Crippen LogP contribution in [-0.2, 0) is 24.4 Å². The molecule has 116 valence electrons. The Hall–Kier alpha value is -2.14. The molecule has 22 heavy (non-hydrogen) atoms. The first-order chi connectivity index (χ1) is 10.7. The van der Waals surface area contributed by atoms with Crippen LogP contribution in [0.25, 0.3) is 0 Å². The first kappa shape index (κ1) is 14.8. The monoisotopic (exact) mass is 299 g/mol. The van der Waals surface area contributed by atoms with E-state index >= 15 is 0 Å². The predicted molar refractivity (Wildman–Crippen MR) is 83.5 cm³/mol. The van der Waals surface area contributed by atoms with Gasteiger partial charge in [-0.1, -0.05) is 18.2 Å². The summed E-state index contributed by atoms with van der Waals surface area (Å²) in [5.74, 6) is 0.0907. The van der Waals surface area contributed by atoms with Crippen LogP contribution in [0.3, 0.4) is 0 Å². The van der Waals surface area contributed by atoms with Crippen LogP contribution in [0.15, 0.2) is 30.6 Å². The number of fused-ring (bicyclic) bond motifs is 1. The highest BCUT2D eigenvalue weighted by Gasteiger charge is 2.25. The molecule has 0 fully saturated rings. The highest BCUT2D eigenvalue weighted by atomic mass is 16.5. The van der Waals surface area contributed by atoms with Crippen molar-refractivity contribution in [2.24, 2.45) is 0 Å². The van der Waals surface area contributed by atoms with E-state index in [-0.39, 0.29) is 5.91 Å². The summed E-state index contributed by atoms with van der Waals surface area (Å²) in [7, 11) is 0. The van der Waals surface area contributed by atoms with E-state index in [9.17, 15) is 4.79 Å². The smallest absolute Gasteiger partial charge is 0.254 e. The molecule has 0 unspecified atom stereocenters. The highest BCUT2D eigenvalue weighted by Crippen LogP contribution is 2.20. The molecule has 1 aliphatic heterocycles. The van der Waals surface area contributed by atoms with Gasteiger partial charge in [-0.05, 0) is 25.5 Å². The molecular formula is C17H21N3O2. The van der Waals surface area contributed by atoms with Crippen LogP contribution in [0, 0.1) is 6.92 Å². The average molecular weight is 299 g/mol. The maximum Gasteiger partial charge on any atom is 0.254 e. The highest BCUT2D eigenvalue weighted by molar-refractivity contribution is 5.95. The van der Waals surface area contributed by atoms with Gasteiger partial charge in [-0.25, -0.2) is 4.98 Å². The molecule has 3 rings (SSSR count). The minimum absolute atomic E-state index is 0.0907. The van der Waals surface area contributed by atoms with Gasteiger partial charge >= 0.3 is 0 Å². The van der Waals surface area contributed by atoms with E-state index in [1.807, 2.05) is 49.3 Å². The van der Waals surface area contributed by atoms with Gasteiger partial charge in [-0.3, -0.25) is 4.79 Å². The normalized spacial score (nSPS) is 14.0. The number of aromatic nitrogens is 2. The molecular weight excluding hydrogens is 278 g/mol. The number of hydrogen-bond acceptors (Lipinski definition) is 3. The van der Waals surface area contributed by atoms with E-state index in [2.05, 4.69) is 9.55 Å². The van der Waals surface area contributed by atoms with Gasteiger partial charge in [0.1, 0.15) is 0 Å². The van der Waals surface area contributed by atoms with E-state index in [1.165, 1.54) is 0 Å². The van der Waals surface area contributed by atoms with Crippen molar-refractivity contribution in [2.45, 2.75) is 33.5 Å². The van der Waals surface area contributed by atoms with E-state index in [1.54, 1.807) is 0 Å². The van der Waals surface area contributed by atoms with Crippen molar-refractivity contribution in [1.82, 2.24) is 14.5 Å². The molecule has 0 radical (unpaired) electrons. The van der Waals surface area contributed by atoms with Crippen LogP contribution in [0.5, 0.6) is 0 Å². The third-order valence-electron chi connectivity index (χ3n) is 4.09. The van der Waals surface area contributed by atoms with Gasteiger partial charge in [-0.2, -0.15) is 0 Å². The fourth-order valence-corrected chi connectivity index (χ4v) is 2.79. The fourth-order valence-electron chi connectivity index (χ4n) is 2.79. The molecule has 5 nitrogen and oxygen atoms in total. The summed E-state index contributed by atoms with van der Waals surface area (Å²) in [5, 5.41) is 0. The number of aryl methyl sites for hydroxylation is 1. The van der Waals surface area contributed by atoms with E-state index in [0.29, 0.717) is 26.3 Å². The second kappa shape index (κ2) is 6.32. The van der Waals surface area contributed by atoms with Gasteiger partial charge in [0.15, 0.2) is 0 Å². The predicted octanol–water partition coefficient (Wildman–Crippen LogP) is 2.38. The molecule has 0 atom stereocenters. The molecule has 0 saturated heterocycles. The Bertz CT molecular complexity index is 678. The lowest BCUT2D eigenvalue weighted by molar-refractivity contribution is 0.0705. The number of rotatable bonds is 4. The third-order valence-corrected chi connectivity index (χ3v) is 4.09. The Morgan fingerprint density at radius 3 is 2.91 bits per heavy atom. The van der Waals surface area contributed by atoms with Crippen molar-refractivity contribution in [3.8, 4) is 0 Å². The molecule has 0 bridgehead atoms. The van der Waals surface area contributed by atoms with Gasteiger partial charge in [0, 0.05) is 25.3 Å². The summed E-state index contributed by atoms with van der Waals surface area (Å²) in [6.45, 7) is 7.20. The van der Waals surface area contributed by atoms with E-state index < -0.39 is 0 Å². The summed E-state index contributed by atoms with van der Waals surface area (Å²) in [6.07, 6.45) is 1.85. The number of nitrogens with zero attached hydrogens (tertiary/aromatic N) is 3. The van der Waals surface area contributed by atoms with Crippen LogP contribution in [0.1, 0.15) is 34.2 Å². The Morgan fingerprint density at radius 2 is 2.14 bits per heavy atom. The quantitative estimate of drug-likeness (QED) is 0.871. The van der Waals surface area contributed by atoms with Crippen molar-refractivity contribution in [1.29, 1.82) is 0 Å². The third kappa shape index (κ3) is 2.76. The number of imidazole rings is 1. The largest absolute Gasteiger partial charge is 0.375 e. The van der Waals surface area contributed by atoms with Gasteiger partial charge in [0.25, 0.3) is 5.91 Å². The first-order valence-corrected chi connectivity index (χ1v) is 7.66. The topological polar surface area (TPSA) is 47.4 Å². The molecule has 1 amide bonds. The number of ether oxygens (including phenoxy) is 1. The maximum absolute atomic E-state index is 12.7. The van der Waals surface area contributed by atoms with Crippen LogP contribution >= 0.6 is 0 Å². The fraction of sp³-hybridized carbons (Fsp3) is 0.412. The maximum atomic E-state index is 12.7. The molecule has 1 aromatic carbocycles. The minimum atomic E-state index is 0.0907. The van der Waals surface area contributed by atoms with Crippen molar-refractivity contribution in [3.05, 3.63) is 53.1 Å². The second-order valence-electron chi connectivity index (χ2n) is 5.51. The SMILES string of the molecule is CCOCc1ncn2c1CN(C(=O)c1ccccc1C)CC2. The lowest BCUT2D eigenvalue weighted by Crippen LogP contribution is -2.38. The summed E-state index contributed by atoms with van der Waals surface area (Å²) < 4.78 is 7.59. The Kier molecular flexibility index (Phi) is 4.24. The van der Waals surface area contributed by atoms with Crippen LogP contribution in [0.2, 0.25) is 0 Å². The Morgan fingerprint density at radius 1 is 1.32 bits per heavy atom. The standard InChI is InChI=1S/C17H21N3O2/c1-3-22-11-15-16-10-19(8-9-20(16)12-18-15)17(21)14-7-5-4-6-13(14)2/h4-7,12H,3,8-11H2,1-2H3. The Labute approximate surface area is 130 Å². The van der Waals surface area contributed by atoms with Crippen molar-refractivity contribution in [3.63, 3.8) is 0 Å². The van der Waals surface area contributed by atoms with Crippen molar-refractivity contribution in [2.75, 3.05) is 13.2 Å². The van der Waals surface area contributed by atoms with Gasteiger partial charge in [-0.15, -0.1) is 0 Å². The number of hydrogen-bond donors (Lipinski definition) is 0. The second-order valence-corrected chi connectivity index (χ2v) is 5.51. The zero-order valence-corrected chi connectivity index (χ0v) is 13.1. The lowest BCUT2D eigenvalue weighted by Gasteiger charge is -2.29. The molecule has 5 heteroatoms. The number of carbonyl (C=O) groups excluding carboxylic acids is 1. The molecule has 2 aromatic rings. The molecule has 0 saturated carbocycles. The van der Waals surface area contributed by atoms with E-state index in [0.717, 1.165) is 29.1 Å². The summed E-state index contributed by atoms with van der Waals surface area (Å²) in [4.78, 5) is 19.1. The summed E-state index contributed by atoms with van der Waals surface area (Å²) >= 11 is 0. The van der Waals surface area contributed by atoms with Crippen LogP contribution in [-0.4, -0.2) is 33.5 Å². The molecule has 0 N–H and O–H groups in total. The number of benzene rings is 1. The van der Waals surface area contributed by atoms with Gasteiger partial charge in [0.05, 0.1) is 30.9 Å². The molecule has 0 spiro atoms. The Balaban J connectivity index is 1.80. The van der Waals surface area contributed by atoms with Gasteiger partial charge < -0.3 is 14.2 Å². The number of carbonyl (C=O) groups is 1. The van der Waals surface area contributed by atoms with E-state index in [4.69, 9.17) is 4.74 Å². The zero-order valence-electron chi connectivity index (χ0n) is 13.1. The summed E-state index contributed by atoms with van der Waals surface area (Å²) in [5.41, 5.74) is 3.81. The van der Waals surface area contributed by atoms with Crippen LogP contribution in [0.4, 0.5) is 0 Å². The molecule has 0 aliphatic carbocycles.